The summed E-state index contributed by atoms with van der Waals surface area (Å²) in [5.74, 6) is 1.18. The van der Waals surface area contributed by atoms with Crippen LogP contribution in [0.3, 0.4) is 0 Å². The summed E-state index contributed by atoms with van der Waals surface area (Å²) < 4.78 is 12.4. The number of carbonyl (C=O) groups is 1. The highest BCUT2D eigenvalue weighted by Crippen LogP contribution is 2.29. The van der Waals surface area contributed by atoms with Crippen molar-refractivity contribution in [3.8, 4) is 17.1 Å². The van der Waals surface area contributed by atoms with Crippen LogP contribution in [0.5, 0.6) is 5.75 Å². The summed E-state index contributed by atoms with van der Waals surface area (Å²) in [6.45, 7) is 0.650. The molecule has 0 spiro atoms. The number of rotatable bonds is 12. The lowest BCUT2D eigenvalue weighted by atomic mass is 10.1. The highest BCUT2D eigenvalue weighted by molar-refractivity contribution is 5.69. The van der Waals surface area contributed by atoms with E-state index >= 15 is 0 Å². The Morgan fingerprint density at radius 2 is 1.85 bits per heavy atom. The summed E-state index contributed by atoms with van der Waals surface area (Å²) in [7, 11) is 1.42. The number of methoxy groups -OCH3 is 1. The van der Waals surface area contributed by atoms with E-state index in [0.717, 1.165) is 61.3 Å². The highest BCUT2D eigenvalue weighted by atomic mass is 16.5. The number of nitrogens with one attached hydrogen (secondary N) is 1. The minimum absolute atomic E-state index is 0.144. The fourth-order valence-corrected chi connectivity index (χ4v) is 4.08. The van der Waals surface area contributed by atoms with E-state index in [0.29, 0.717) is 25.0 Å². The van der Waals surface area contributed by atoms with Crippen molar-refractivity contribution >= 4 is 17.6 Å². The van der Waals surface area contributed by atoms with E-state index in [2.05, 4.69) is 30.3 Å². The van der Waals surface area contributed by atoms with Crippen LogP contribution < -0.4 is 10.1 Å². The maximum Gasteiger partial charge on any atom is 0.305 e. The first kappa shape index (κ1) is 23.7. The monoisotopic (exact) mass is 464 g/mol. The fraction of sp³-hybridized carbons (Fsp3) is 0.480. The highest BCUT2D eigenvalue weighted by Gasteiger charge is 2.19. The van der Waals surface area contributed by atoms with Gasteiger partial charge in [-0.3, -0.25) is 4.79 Å². The van der Waals surface area contributed by atoms with Crippen LogP contribution >= 0.6 is 0 Å². The molecule has 0 amide bonds. The second-order valence-corrected chi connectivity index (χ2v) is 8.53. The zero-order chi connectivity index (χ0) is 23.6. The summed E-state index contributed by atoms with van der Waals surface area (Å²) in [4.78, 5) is 20.0. The number of aromatic nitrogens is 5. The molecule has 0 aliphatic heterocycles. The Labute approximate surface area is 199 Å². The van der Waals surface area contributed by atoms with Gasteiger partial charge in [0.15, 0.2) is 0 Å². The van der Waals surface area contributed by atoms with Crippen molar-refractivity contribution in [2.75, 3.05) is 19.0 Å². The number of unbranched alkanes of at least 4 members (excludes halogenated alkanes) is 3. The molecular formula is C25H32N6O3. The Hall–Kier alpha value is -3.49. The predicted molar refractivity (Wildman–Crippen MR) is 129 cm³/mol. The van der Waals surface area contributed by atoms with Gasteiger partial charge >= 0.3 is 5.97 Å². The van der Waals surface area contributed by atoms with Crippen molar-refractivity contribution < 1.29 is 14.3 Å². The van der Waals surface area contributed by atoms with E-state index in [1.807, 2.05) is 41.2 Å². The summed E-state index contributed by atoms with van der Waals surface area (Å²) in [5, 5.41) is 11.9. The van der Waals surface area contributed by atoms with E-state index in [1.165, 1.54) is 20.0 Å². The third-order valence-electron chi connectivity index (χ3n) is 6.01. The molecule has 180 valence electrons. The maximum atomic E-state index is 11.1. The van der Waals surface area contributed by atoms with Gasteiger partial charge in [0, 0.05) is 18.3 Å². The average molecular weight is 465 g/mol. The van der Waals surface area contributed by atoms with Crippen molar-refractivity contribution in [2.45, 2.75) is 63.8 Å². The van der Waals surface area contributed by atoms with E-state index in [-0.39, 0.29) is 5.97 Å². The Morgan fingerprint density at radius 3 is 2.65 bits per heavy atom. The Balaban J connectivity index is 1.23. The largest absolute Gasteiger partial charge is 0.494 e. The van der Waals surface area contributed by atoms with Gasteiger partial charge in [0.2, 0.25) is 5.95 Å². The van der Waals surface area contributed by atoms with E-state index in [9.17, 15) is 4.79 Å². The second-order valence-electron chi connectivity index (χ2n) is 8.53. The van der Waals surface area contributed by atoms with Gasteiger partial charge in [0.25, 0.3) is 0 Å². The molecule has 2 aromatic heterocycles. The summed E-state index contributed by atoms with van der Waals surface area (Å²) in [6.07, 6.45) is 12.9. The van der Waals surface area contributed by atoms with Crippen LogP contribution in [0.4, 0.5) is 11.6 Å². The molecule has 0 unspecified atom stereocenters. The van der Waals surface area contributed by atoms with Crippen molar-refractivity contribution in [1.82, 2.24) is 25.0 Å². The van der Waals surface area contributed by atoms with Gasteiger partial charge in [0.1, 0.15) is 11.4 Å². The lowest BCUT2D eigenvalue weighted by molar-refractivity contribution is -0.140. The average Bonchev–Trinajstić information content (AvgIpc) is 3.57. The van der Waals surface area contributed by atoms with Gasteiger partial charge < -0.3 is 14.8 Å². The molecule has 9 nitrogen and oxygen atoms in total. The molecular weight excluding hydrogens is 432 g/mol. The minimum Gasteiger partial charge on any atom is -0.494 e. The van der Waals surface area contributed by atoms with Gasteiger partial charge in [-0.1, -0.05) is 30.9 Å². The number of ether oxygens (including phenoxy) is 2. The van der Waals surface area contributed by atoms with Crippen molar-refractivity contribution in [3.63, 3.8) is 0 Å². The second kappa shape index (κ2) is 12.1. The number of hydrogen-bond acceptors (Lipinski definition) is 8. The predicted octanol–water partition coefficient (Wildman–Crippen LogP) is 5.10. The molecule has 1 fully saturated rings. The molecule has 4 rings (SSSR count). The molecule has 0 bridgehead atoms. The molecule has 1 N–H and O–H groups in total. The number of carbonyl (C=O) groups excluding carboxylic acids is 1. The normalized spacial score (nSPS) is 13.7. The van der Waals surface area contributed by atoms with Crippen molar-refractivity contribution in [3.05, 3.63) is 42.7 Å². The molecule has 0 radical (unpaired) electrons. The van der Waals surface area contributed by atoms with Gasteiger partial charge in [-0.05, 0) is 56.0 Å². The van der Waals surface area contributed by atoms with E-state index in [1.54, 1.807) is 6.20 Å². The van der Waals surface area contributed by atoms with Gasteiger partial charge in [-0.25, -0.2) is 14.6 Å². The molecule has 0 saturated heterocycles. The lowest BCUT2D eigenvalue weighted by Crippen LogP contribution is -2.04. The van der Waals surface area contributed by atoms with Crippen LogP contribution in [0.2, 0.25) is 0 Å². The number of anilines is 2. The fourth-order valence-electron chi connectivity index (χ4n) is 4.08. The van der Waals surface area contributed by atoms with Gasteiger partial charge in [-0.15, -0.1) is 5.10 Å². The van der Waals surface area contributed by atoms with Crippen LogP contribution in [0.25, 0.3) is 11.4 Å². The number of esters is 1. The summed E-state index contributed by atoms with van der Waals surface area (Å²) >= 11 is 0. The standard InChI is InChI=1S/C25H32N6O3/c1-33-24(32)10-4-2-3-7-17-34-21-13-11-19(12-14-21)27-25-26-16-15-22(28-25)23-18-31(30-29-23)20-8-5-6-9-20/h11-16,18,20H,2-10,17H2,1H3,(H,26,27,28). The van der Waals surface area contributed by atoms with Crippen molar-refractivity contribution in [2.24, 2.45) is 0 Å². The first-order chi connectivity index (χ1) is 16.7. The number of hydrogen-bond donors (Lipinski definition) is 1. The van der Waals surface area contributed by atoms with E-state index < -0.39 is 0 Å². The first-order valence-electron chi connectivity index (χ1n) is 12.0. The molecule has 3 aromatic rings. The Bertz CT molecular complexity index is 1050. The Morgan fingerprint density at radius 1 is 1.06 bits per heavy atom. The third-order valence-corrected chi connectivity index (χ3v) is 6.01. The SMILES string of the molecule is COC(=O)CCCCCCOc1ccc(Nc2nccc(-c3cn(C4CCCC4)nn3)n2)cc1. The van der Waals surface area contributed by atoms with Crippen LogP contribution in [0.1, 0.15) is 63.8 Å². The Kier molecular flexibility index (Phi) is 8.43. The minimum atomic E-state index is -0.144. The molecule has 1 aromatic carbocycles. The van der Waals surface area contributed by atoms with Crippen LogP contribution in [0.15, 0.2) is 42.7 Å². The maximum absolute atomic E-state index is 11.1. The molecule has 1 aliphatic rings. The smallest absolute Gasteiger partial charge is 0.305 e. The molecule has 1 aliphatic carbocycles. The third kappa shape index (κ3) is 6.76. The van der Waals surface area contributed by atoms with Crippen molar-refractivity contribution in [1.29, 1.82) is 0 Å². The molecule has 0 atom stereocenters. The molecule has 2 heterocycles. The summed E-state index contributed by atoms with van der Waals surface area (Å²) in [5.41, 5.74) is 2.38. The van der Waals surface area contributed by atoms with E-state index in [4.69, 9.17) is 4.74 Å². The lowest BCUT2D eigenvalue weighted by Gasteiger charge is -2.09. The zero-order valence-electron chi connectivity index (χ0n) is 19.7. The topological polar surface area (TPSA) is 104 Å². The van der Waals surface area contributed by atoms with Gasteiger partial charge in [0.05, 0.1) is 31.6 Å². The molecule has 34 heavy (non-hydrogen) atoms. The first-order valence-corrected chi connectivity index (χ1v) is 12.0. The summed E-state index contributed by atoms with van der Waals surface area (Å²) in [6, 6.07) is 10.0. The zero-order valence-corrected chi connectivity index (χ0v) is 19.7. The number of nitrogens with zero attached hydrogens (tertiary/aromatic N) is 5. The molecule has 9 heteroatoms. The number of benzene rings is 1. The van der Waals surface area contributed by atoms with Crippen LogP contribution in [0, 0.1) is 0 Å². The quantitative estimate of drug-likeness (QED) is 0.292. The van der Waals surface area contributed by atoms with Gasteiger partial charge in [-0.2, -0.15) is 0 Å². The van der Waals surface area contributed by atoms with Crippen LogP contribution in [-0.2, 0) is 9.53 Å². The molecule has 1 saturated carbocycles. The van der Waals surface area contributed by atoms with Crippen LogP contribution in [-0.4, -0.2) is 44.6 Å².